The van der Waals surface area contributed by atoms with Crippen LogP contribution in [0.25, 0.3) is 0 Å². The van der Waals surface area contributed by atoms with Crippen molar-refractivity contribution >= 4 is 0 Å². The molecule has 3 nitrogen and oxygen atoms in total. The van der Waals surface area contributed by atoms with Crippen LogP contribution in [0.15, 0.2) is 24.3 Å². The zero-order chi connectivity index (χ0) is 12.4. The molecule has 0 radical (unpaired) electrons. The second kappa shape index (κ2) is 5.39. The van der Waals surface area contributed by atoms with E-state index in [1.807, 2.05) is 0 Å². The number of hydrogen-bond donors (Lipinski definition) is 1. The Morgan fingerprint density at radius 1 is 1.22 bits per heavy atom. The second-order valence-electron chi connectivity index (χ2n) is 5.59. The van der Waals surface area contributed by atoms with E-state index in [2.05, 4.69) is 46.4 Å². The van der Waals surface area contributed by atoms with E-state index in [-0.39, 0.29) is 0 Å². The smallest absolute Gasteiger partial charge is 0.0345 e. The number of benzene rings is 1. The van der Waals surface area contributed by atoms with Gasteiger partial charge in [-0.2, -0.15) is 0 Å². The highest BCUT2D eigenvalue weighted by Gasteiger charge is 2.23. The van der Waals surface area contributed by atoms with Gasteiger partial charge in [0, 0.05) is 45.3 Å². The average molecular weight is 245 g/mol. The number of fused-ring (bicyclic) bond motifs is 1. The Bertz CT molecular complexity index is 404. The lowest BCUT2D eigenvalue weighted by atomic mass is 9.99. The Balaban J connectivity index is 1.62. The Morgan fingerprint density at radius 3 is 2.89 bits per heavy atom. The number of hydrogen-bond acceptors (Lipinski definition) is 3. The zero-order valence-corrected chi connectivity index (χ0v) is 11.2. The fraction of sp³-hybridized carbons (Fsp3) is 0.600. The Labute approximate surface area is 110 Å². The minimum absolute atomic E-state index is 0.670. The van der Waals surface area contributed by atoms with Gasteiger partial charge in [-0.05, 0) is 24.6 Å². The van der Waals surface area contributed by atoms with Gasteiger partial charge in [0.25, 0.3) is 0 Å². The first-order valence-corrected chi connectivity index (χ1v) is 7.03. The summed E-state index contributed by atoms with van der Waals surface area (Å²) in [5.74, 6) is 0. The number of nitrogens with zero attached hydrogens (tertiary/aromatic N) is 2. The summed E-state index contributed by atoms with van der Waals surface area (Å²) >= 11 is 0. The van der Waals surface area contributed by atoms with E-state index in [9.17, 15) is 0 Å². The predicted octanol–water partition coefficient (Wildman–Crippen LogP) is 0.948. The highest BCUT2D eigenvalue weighted by atomic mass is 15.2. The largest absolute Gasteiger partial charge is 0.314 e. The first kappa shape index (κ1) is 12.2. The molecule has 1 aromatic carbocycles. The third-order valence-electron chi connectivity index (χ3n) is 4.32. The minimum atomic E-state index is 0.670. The molecule has 0 amide bonds. The van der Waals surface area contributed by atoms with Gasteiger partial charge < -0.3 is 5.32 Å². The highest BCUT2D eigenvalue weighted by Crippen LogP contribution is 2.19. The summed E-state index contributed by atoms with van der Waals surface area (Å²) in [6.07, 6.45) is 1.21. The fourth-order valence-electron chi connectivity index (χ4n) is 3.07. The molecule has 1 fully saturated rings. The normalized spacial score (nSPS) is 25.9. The van der Waals surface area contributed by atoms with Gasteiger partial charge in [0.2, 0.25) is 0 Å². The Kier molecular flexibility index (Phi) is 3.64. The number of piperazine rings is 1. The van der Waals surface area contributed by atoms with Gasteiger partial charge in [-0.3, -0.25) is 9.80 Å². The second-order valence-corrected chi connectivity index (χ2v) is 5.59. The lowest BCUT2D eigenvalue weighted by Gasteiger charge is -2.38. The van der Waals surface area contributed by atoms with Gasteiger partial charge in [0.1, 0.15) is 0 Å². The van der Waals surface area contributed by atoms with Crippen molar-refractivity contribution in [2.45, 2.75) is 19.0 Å². The third kappa shape index (κ3) is 2.58. The summed E-state index contributed by atoms with van der Waals surface area (Å²) in [5.41, 5.74) is 3.07. The molecule has 0 bridgehead atoms. The van der Waals surface area contributed by atoms with E-state index < -0.39 is 0 Å². The zero-order valence-electron chi connectivity index (χ0n) is 11.2. The van der Waals surface area contributed by atoms with Crippen LogP contribution >= 0.6 is 0 Å². The molecular weight excluding hydrogens is 222 g/mol. The van der Waals surface area contributed by atoms with Crippen molar-refractivity contribution in [1.82, 2.24) is 15.1 Å². The van der Waals surface area contributed by atoms with Crippen LogP contribution in [0, 0.1) is 0 Å². The molecular formula is C15H23N3. The molecule has 1 atom stereocenters. The van der Waals surface area contributed by atoms with Crippen molar-refractivity contribution in [3.05, 3.63) is 35.4 Å². The average Bonchev–Trinajstić information content (AvgIpc) is 2.41. The first-order valence-electron chi connectivity index (χ1n) is 7.03. The lowest BCUT2D eigenvalue weighted by molar-refractivity contribution is 0.131. The minimum Gasteiger partial charge on any atom is -0.314 e. The molecule has 18 heavy (non-hydrogen) atoms. The van der Waals surface area contributed by atoms with Gasteiger partial charge in [0.05, 0.1) is 0 Å². The summed E-state index contributed by atoms with van der Waals surface area (Å²) in [4.78, 5) is 5.10. The number of rotatable bonds is 2. The van der Waals surface area contributed by atoms with E-state index >= 15 is 0 Å². The maximum Gasteiger partial charge on any atom is 0.0345 e. The van der Waals surface area contributed by atoms with E-state index in [1.54, 1.807) is 5.56 Å². The lowest BCUT2D eigenvalue weighted by Crippen LogP contribution is -2.54. The number of likely N-dealkylation sites (N-methyl/N-ethyl adjacent to an activating group) is 1. The standard InChI is InChI=1S/C15H23N3/c1-17-9-7-16-10-15(17)12-18-8-6-13-4-2-3-5-14(13)11-18/h2-5,15-16H,6-12H2,1H3. The van der Waals surface area contributed by atoms with Crippen molar-refractivity contribution < 1.29 is 0 Å². The van der Waals surface area contributed by atoms with Crippen molar-refractivity contribution in [3.8, 4) is 0 Å². The molecule has 0 aromatic heterocycles. The predicted molar refractivity (Wildman–Crippen MR) is 74.7 cm³/mol. The van der Waals surface area contributed by atoms with Crippen LogP contribution < -0.4 is 5.32 Å². The molecule has 1 unspecified atom stereocenters. The summed E-state index contributed by atoms with van der Waals surface area (Å²) in [6.45, 7) is 6.97. The van der Waals surface area contributed by atoms with Gasteiger partial charge in [-0.15, -0.1) is 0 Å². The van der Waals surface area contributed by atoms with E-state index in [0.29, 0.717) is 6.04 Å². The van der Waals surface area contributed by atoms with Crippen LogP contribution in [-0.2, 0) is 13.0 Å². The quantitative estimate of drug-likeness (QED) is 0.837. The monoisotopic (exact) mass is 245 g/mol. The summed E-state index contributed by atoms with van der Waals surface area (Å²) in [5, 5.41) is 3.51. The Hall–Kier alpha value is -0.900. The van der Waals surface area contributed by atoms with Gasteiger partial charge in [0.15, 0.2) is 0 Å². The van der Waals surface area contributed by atoms with Crippen LogP contribution in [0.3, 0.4) is 0 Å². The van der Waals surface area contributed by atoms with Crippen molar-refractivity contribution in [2.24, 2.45) is 0 Å². The molecule has 0 saturated carbocycles. The maximum absolute atomic E-state index is 3.51. The molecule has 2 aliphatic rings. The van der Waals surface area contributed by atoms with E-state index in [4.69, 9.17) is 0 Å². The molecule has 1 N–H and O–H groups in total. The molecule has 1 aromatic rings. The molecule has 3 rings (SSSR count). The van der Waals surface area contributed by atoms with Crippen LogP contribution in [0.4, 0.5) is 0 Å². The van der Waals surface area contributed by atoms with E-state index in [0.717, 1.165) is 19.6 Å². The van der Waals surface area contributed by atoms with Gasteiger partial charge in [-0.1, -0.05) is 24.3 Å². The number of nitrogens with one attached hydrogen (secondary N) is 1. The molecule has 1 saturated heterocycles. The topological polar surface area (TPSA) is 18.5 Å². The summed E-state index contributed by atoms with van der Waals surface area (Å²) < 4.78 is 0. The van der Waals surface area contributed by atoms with Gasteiger partial charge in [-0.25, -0.2) is 0 Å². The highest BCUT2D eigenvalue weighted by molar-refractivity contribution is 5.29. The van der Waals surface area contributed by atoms with Crippen LogP contribution in [0.5, 0.6) is 0 Å². The molecule has 2 aliphatic heterocycles. The Morgan fingerprint density at radius 2 is 2.06 bits per heavy atom. The maximum atomic E-state index is 3.51. The molecule has 3 heteroatoms. The molecule has 0 spiro atoms. The SMILES string of the molecule is CN1CCNCC1CN1CCc2ccccc2C1. The molecule has 2 heterocycles. The van der Waals surface area contributed by atoms with Crippen molar-refractivity contribution in [2.75, 3.05) is 39.8 Å². The third-order valence-corrected chi connectivity index (χ3v) is 4.32. The molecule has 0 aliphatic carbocycles. The summed E-state index contributed by atoms with van der Waals surface area (Å²) in [6, 6.07) is 9.55. The van der Waals surface area contributed by atoms with Crippen LogP contribution in [0.2, 0.25) is 0 Å². The van der Waals surface area contributed by atoms with E-state index in [1.165, 1.54) is 31.6 Å². The summed E-state index contributed by atoms with van der Waals surface area (Å²) in [7, 11) is 2.25. The first-order chi connectivity index (χ1) is 8.83. The van der Waals surface area contributed by atoms with Crippen molar-refractivity contribution in [3.63, 3.8) is 0 Å². The van der Waals surface area contributed by atoms with Crippen LogP contribution in [-0.4, -0.2) is 55.6 Å². The van der Waals surface area contributed by atoms with Crippen LogP contribution in [0.1, 0.15) is 11.1 Å². The molecule has 98 valence electrons. The van der Waals surface area contributed by atoms with Crippen molar-refractivity contribution in [1.29, 1.82) is 0 Å². The van der Waals surface area contributed by atoms with Gasteiger partial charge >= 0.3 is 0 Å². The fourth-order valence-corrected chi connectivity index (χ4v) is 3.07.